The van der Waals surface area contributed by atoms with E-state index in [0.29, 0.717) is 6.04 Å². The molecule has 2 saturated carbocycles. The largest absolute Gasteiger partial charge is 0.308 e. The van der Waals surface area contributed by atoms with E-state index in [9.17, 15) is 4.39 Å². The van der Waals surface area contributed by atoms with Crippen LogP contribution in [0.25, 0.3) is 0 Å². The summed E-state index contributed by atoms with van der Waals surface area (Å²) < 4.78 is 13.0. The summed E-state index contributed by atoms with van der Waals surface area (Å²) in [6.45, 7) is 0. The summed E-state index contributed by atoms with van der Waals surface area (Å²) in [5.41, 5.74) is 0. The average molecular weight is 157 g/mol. The van der Waals surface area contributed by atoms with Gasteiger partial charge >= 0.3 is 0 Å². The number of halogens is 1. The van der Waals surface area contributed by atoms with Crippen molar-refractivity contribution in [1.82, 2.24) is 5.32 Å². The zero-order valence-corrected chi connectivity index (χ0v) is 6.85. The van der Waals surface area contributed by atoms with Gasteiger partial charge in [0, 0.05) is 12.1 Å². The van der Waals surface area contributed by atoms with E-state index < -0.39 is 6.17 Å². The van der Waals surface area contributed by atoms with E-state index in [4.69, 9.17) is 0 Å². The summed E-state index contributed by atoms with van der Waals surface area (Å²) in [5, 5.41) is 3.39. The molecule has 0 aromatic heterocycles. The minimum Gasteiger partial charge on any atom is -0.308 e. The van der Waals surface area contributed by atoms with Crippen LogP contribution >= 0.6 is 0 Å². The number of nitrogens with one attached hydrogen (secondary N) is 1. The monoisotopic (exact) mass is 157 g/mol. The summed E-state index contributed by atoms with van der Waals surface area (Å²) >= 11 is 0. The molecule has 2 rings (SSSR count). The zero-order valence-electron chi connectivity index (χ0n) is 6.85. The summed E-state index contributed by atoms with van der Waals surface area (Å²) in [7, 11) is 0. The van der Waals surface area contributed by atoms with Gasteiger partial charge in [-0.3, -0.25) is 0 Å². The van der Waals surface area contributed by atoms with Crippen LogP contribution in [0.4, 0.5) is 4.39 Å². The molecule has 1 N–H and O–H groups in total. The Morgan fingerprint density at radius 3 is 2.18 bits per heavy atom. The zero-order chi connectivity index (χ0) is 7.68. The van der Waals surface area contributed by atoms with E-state index in [2.05, 4.69) is 5.32 Å². The topological polar surface area (TPSA) is 12.0 Å². The number of hydrogen-bond acceptors (Lipinski definition) is 1. The van der Waals surface area contributed by atoms with Crippen LogP contribution in [-0.4, -0.2) is 18.3 Å². The number of hydrogen-bond donors (Lipinski definition) is 1. The Labute approximate surface area is 67.4 Å². The van der Waals surface area contributed by atoms with Crippen molar-refractivity contribution < 1.29 is 4.39 Å². The third kappa shape index (κ3) is 1.56. The third-order valence-corrected chi connectivity index (χ3v) is 2.99. The van der Waals surface area contributed by atoms with E-state index in [1.165, 1.54) is 19.3 Å². The van der Waals surface area contributed by atoms with Crippen LogP contribution in [0.3, 0.4) is 0 Å². The van der Waals surface area contributed by atoms with Gasteiger partial charge in [-0.05, 0) is 32.1 Å². The van der Waals surface area contributed by atoms with Crippen LogP contribution in [0.15, 0.2) is 0 Å². The quantitative estimate of drug-likeness (QED) is 0.646. The fourth-order valence-corrected chi connectivity index (χ4v) is 1.98. The van der Waals surface area contributed by atoms with Crippen molar-refractivity contribution in [1.29, 1.82) is 0 Å². The van der Waals surface area contributed by atoms with Crippen LogP contribution in [0.2, 0.25) is 0 Å². The van der Waals surface area contributed by atoms with Crippen LogP contribution in [0.5, 0.6) is 0 Å². The fourth-order valence-electron chi connectivity index (χ4n) is 1.98. The Kier molecular flexibility index (Phi) is 2.12. The van der Waals surface area contributed by atoms with Crippen molar-refractivity contribution in [2.75, 3.05) is 0 Å². The van der Waals surface area contributed by atoms with Gasteiger partial charge in [-0.15, -0.1) is 0 Å². The standard InChI is InChI=1S/C9H16FN/c10-8-5-2-6-9(8)11-7-3-1-4-7/h7-9,11H,1-6H2/t8-,9+/m1/s1. The number of alkyl halides is 1. The molecular weight excluding hydrogens is 141 g/mol. The second-order valence-corrected chi connectivity index (χ2v) is 3.85. The molecular formula is C9H16FN. The maximum atomic E-state index is 13.0. The van der Waals surface area contributed by atoms with Gasteiger partial charge in [0.05, 0.1) is 0 Å². The highest BCUT2D eigenvalue weighted by Gasteiger charge is 2.30. The van der Waals surface area contributed by atoms with Crippen molar-refractivity contribution in [2.45, 2.75) is 56.8 Å². The van der Waals surface area contributed by atoms with Gasteiger partial charge < -0.3 is 5.32 Å². The Hall–Kier alpha value is -0.110. The highest BCUT2D eigenvalue weighted by Crippen LogP contribution is 2.26. The maximum Gasteiger partial charge on any atom is 0.115 e. The predicted octanol–water partition coefficient (Wildman–Crippen LogP) is 2.02. The van der Waals surface area contributed by atoms with Gasteiger partial charge in [0.1, 0.15) is 6.17 Å². The summed E-state index contributed by atoms with van der Waals surface area (Å²) in [6, 6.07) is 0.844. The summed E-state index contributed by atoms with van der Waals surface area (Å²) in [6.07, 6.45) is 6.22. The van der Waals surface area contributed by atoms with Gasteiger partial charge in [-0.25, -0.2) is 4.39 Å². The Morgan fingerprint density at radius 1 is 1.00 bits per heavy atom. The molecule has 0 radical (unpaired) electrons. The van der Waals surface area contributed by atoms with Crippen molar-refractivity contribution >= 4 is 0 Å². The molecule has 1 nitrogen and oxygen atoms in total. The van der Waals surface area contributed by atoms with E-state index in [0.717, 1.165) is 19.3 Å². The molecule has 2 aliphatic rings. The van der Waals surface area contributed by atoms with Crippen molar-refractivity contribution in [3.05, 3.63) is 0 Å². The molecule has 0 aromatic carbocycles. The minimum absolute atomic E-state index is 0.195. The molecule has 2 fully saturated rings. The molecule has 0 bridgehead atoms. The van der Waals surface area contributed by atoms with E-state index >= 15 is 0 Å². The first-order chi connectivity index (χ1) is 5.36. The van der Waals surface area contributed by atoms with Crippen LogP contribution in [0, 0.1) is 0 Å². The molecule has 0 aliphatic heterocycles. The number of rotatable bonds is 2. The minimum atomic E-state index is -0.560. The molecule has 11 heavy (non-hydrogen) atoms. The van der Waals surface area contributed by atoms with Gasteiger partial charge in [-0.2, -0.15) is 0 Å². The molecule has 0 spiro atoms. The lowest BCUT2D eigenvalue weighted by Crippen LogP contribution is -2.44. The first-order valence-electron chi connectivity index (χ1n) is 4.76. The van der Waals surface area contributed by atoms with E-state index in [1.54, 1.807) is 0 Å². The van der Waals surface area contributed by atoms with Crippen molar-refractivity contribution in [2.24, 2.45) is 0 Å². The molecule has 64 valence electrons. The lowest BCUT2D eigenvalue weighted by Gasteiger charge is -2.30. The Morgan fingerprint density at radius 2 is 1.73 bits per heavy atom. The van der Waals surface area contributed by atoms with Crippen molar-refractivity contribution in [3.63, 3.8) is 0 Å². The molecule has 2 atom stereocenters. The van der Waals surface area contributed by atoms with E-state index in [1.807, 2.05) is 0 Å². The van der Waals surface area contributed by atoms with Gasteiger partial charge in [0.25, 0.3) is 0 Å². The van der Waals surface area contributed by atoms with Crippen LogP contribution in [0.1, 0.15) is 38.5 Å². The second kappa shape index (κ2) is 3.10. The molecule has 2 heteroatoms. The molecule has 0 unspecified atom stereocenters. The second-order valence-electron chi connectivity index (χ2n) is 3.85. The Bertz CT molecular complexity index is 134. The molecule has 2 aliphatic carbocycles. The average Bonchev–Trinajstić information content (AvgIpc) is 2.27. The summed E-state index contributed by atoms with van der Waals surface area (Å²) in [5.74, 6) is 0. The highest BCUT2D eigenvalue weighted by atomic mass is 19.1. The summed E-state index contributed by atoms with van der Waals surface area (Å²) in [4.78, 5) is 0. The normalized spacial score (nSPS) is 39.0. The molecule has 0 amide bonds. The van der Waals surface area contributed by atoms with Gasteiger partial charge in [0.15, 0.2) is 0 Å². The molecule has 0 aromatic rings. The predicted molar refractivity (Wildman–Crippen MR) is 43.3 cm³/mol. The van der Waals surface area contributed by atoms with Crippen LogP contribution in [-0.2, 0) is 0 Å². The lowest BCUT2D eigenvalue weighted by atomic mass is 9.92. The first-order valence-corrected chi connectivity index (χ1v) is 4.76. The first kappa shape index (κ1) is 7.53. The Balaban J connectivity index is 1.75. The van der Waals surface area contributed by atoms with Crippen LogP contribution < -0.4 is 5.32 Å². The smallest absolute Gasteiger partial charge is 0.115 e. The van der Waals surface area contributed by atoms with Crippen molar-refractivity contribution in [3.8, 4) is 0 Å². The maximum absolute atomic E-state index is 13.0. The van der Waals surface area contributed by atoms with E-state index in [-0.39, 0.29) is 6.04 Å². The third-order valence-electron chi connectivity index (χ3n) is 2.99. The van der Waals surface area contributed by atoms with Gasteiger partial charge in [0.2, 0.25) is 0 Å². The lowest BCUT2D eigenvalue weighted by molar-refractivity contribution is 0.228. The molecule has 0 saturated heterocycles. The SMILES string of the molecule is F[C@@H]1CCC[C@@H]1NC1CCC1. The molecule has 0 heterocycles. The highest BCUT2D eigenvalue weighted by molar-refractivity contribution is 4.88. The fraction of sp³-hybridized carbons (Fsp3) is 1.00. The van der Waals surface area contributed by atoms with Gasteiger partial charge in [-0.1, -0.05) is 6.42 Å².